The molecule has 2 bridgehead atoms. The summed E-state index contributed by atoms with van der Waals surface area (Å²) in [5, 5.41) is 3.44. The van der Waals surface area contributed by atoms with Crippen LogP contribution in [0.15, 0.2) is 24.3 Å². The molecule has 5 nitrogen and oxygen atoms in total. The van der Waals surface area contributed by atoms with Gasteiger partial charge in [-0.05, 0) is 49.9 Å². The molecule has 3 heterocycles. The summed E-state index contributed by atoms with van der Waals surface area (Å²) in [6, 6.07) is 8.57. The second kappa shape index (κ2) is 7.75. The topological polar surface area (TPSA) is 52.7 Å². The molecule has 2 unspecified atom stereocenters. The highest BCUT2D eigenvalue weighted by Gasteiger charge is 2.38. The highest BCUT2D eigenvalue weighted by Crippen LogP contribution is 2.29. The number of nitrogens with one attached hydrogen (secondary N) is 1. The van der Waals surface area contributed by atoms with Crippen LogP contribution in [0.5, 0.6) is 0 Å². The monoisotopic (exact) mass is 363 g/mol. The van der Waals surface area contributed by atoms with Crippen LogP contribution in [0, 0.1) is 0 Å². The van der Waals surface area contributed by atoms with Crippen LogP contribution in [-0.4, -0.2) is 53.3 Å². The van der Waals surface area contributed by atoms with Gasteiger partial charge in [0.05, 0.1) is 0 Å². The molecule has 136 valence electrons. The zero-order chi connectivity index (χ0) is 16.5. The van der Waals surface area contributed by atoms with E-state index in [1.54, 1.807) is 0 Å². The Hall–Kier alpha value is -1.59. The first-order chi connectivity index (χ1) is 11.7. The van der Waals surface area contributed by atoms with Crippen molar-refractivity contribution in [2.75, 3.05) is 19.6 Å². The van der Waals surface area contributed by atoms with E-state index in [2.05, 4.69) is 10.2 Å². The Kier molecular flexibility index (Phi) is 5.64. The summed E-state index contributed by atoms with van der Waals surface area (Å²) in [7, 11) is 0. The number of carbonyl (C=O) groups is 2. The van der Waals surface area contributed by atoms with E-state index in [9.17, 15) is 9.59 Å². The first kappa shape index (κ1) is 18.2. The molecule has 3 saturated heterocycles. The lowest BCUT2D eigenvalue weighted by Gasteiger charge is -2.28. The van der Waals surface area contributed by atoms with Crippen molar-refractivity contribution in [3.8, 4) is 0 Å². The molecule has 25 heavy (non-hydrogen) atoms. The molecular formula is C19H26ClN3O2. The maximum atomic E-state index is 13.0. The molecule has 1 aromatic rings. The van der Waals surface area contributed by atoms with Crippen molar-refractivity contribution in [1.29, 1.82) is 0 Å². The number of hydrogen-bond donors (Lipinski definition) is 1. The smallest absolute Gasteiger partial charge is 0.254 e. The Bertz CT molecular complexity index is 620. The summed E-state index contributed by atoms with van der Waals surface area (Å²) in [6.07, 6.45) is 4.92. The number of rotatable bonds is 3. The van der Waals surface area contributed by atoms with Crippen LogP contribution in [0.2, 0.25) is 0 Å². The van der Waals surface area contributed by atoms with Crippen LogP contribution in [0.25, 0.3) is 0 Å². The average Bonchev–Trinajstić information content (AvgIpc) is 3.09. The maximum Gasteiger partial charge on any atom is 0.254 e. The minimum Gasteiger partial charge on any atom is -0.338 e. The number of amides is 2. The number of carbonyl (C=O) groups excluding carboxylic acids is 2. The molecule has 1 N–H and O–H groups in total. The first-order valence-electron chi connectivity index (χ1n) is 9.12. The largest absolute Gasteiger partial charge is 0.338 e. The standard InChI is InChI=1S/C19H25N3O2.ClH/c23-18-2-1-11-21(18)13-14-3-5-15(6-4-14)19(24)22-16-7-8-17(22)12-20-10-9-16;/h3-6,16-17,20H,1-2,7-13H2;1H. The number of likely N-dealkylation sites (tertiary alicyclic amines) is 1. The van der Waals surface area contributed by atoms with Crippen molar-refractivity contribution < 1.29 is 9.59 Å². The van der Waals surface area contributed by atoms with Crippen LogP contribution < -0.4 is 5.32 Å². The lowest BCUT2D eigenvalue weighted by molar-refractivity contribution is -0.128. The molecule has 0 aliphatic carbocycles. The molecule has 0 saturated carbocycles. The zero-order valence-electron chi connectivity index (χ0n) is 14.4. The number of nitrogens with zero attached hydrogens (tertiary/aromatic N) is 2. The molecule has 0 spiro atoms. The van der Waals surface area contributed by atoms with Gasteiger partial charge in [-0.2, -0.15) is 0 Å². The number of halogens is 1. The fourth-order valence-corrected chi connectivity index (χ4v) is 4.31. The van der Waals surface area contributed by atoms with Crippen molar-refractivity contribution in [3.63, 3.8) is 0 Å². The predicted molar refractivity (Wildman–Crippen MR) is 98.8 cm³/mol. The van der Waals surface area contributed by atoms with Gasteiger partial charge in [-0.15, -0.1) is 12.4 Å². The third-order valence-corrected chi connectivity index (χ3v) is 5.63. The highest BCUT2D eigenvalue weighted by molar-refractivity contribution is 5.95. The first-order valence-corrected chi connectivity index (χ1v) is 9.12. The summed E-state index contributed by atoms with van der Waals surface area (Å²) < 4.78 is 0. The van der Waals surface area contributed by atoms with E-state index in [-0.39, 0.29) is 24.2 Å². The van der Waals surface area contributed by atoms with Gasteiger partial charge in [0.1, 0.15) is 0 Å². The minimum absolute atomic E-state index is 0. The summed E-state index contributed by atoms with van der Waals surface area (Å²) in [5.41, 5.74) is 1.87. The van der Waals surface area contributed by atoms with Gasteiger partial charge in [0.2, 0.25) is 5.91 Å². The van der Waals surface area contributed by atoms with Gasteiger partial charge in [-0.25, -0.2) is 0 Å². The second-order valence-corrected chi connectivity index (χ2v) is 7.21. The molecule has 2 atom stereocenters. The van der Waals surface area contributed by atoms with Crippen molar-refractivity contribution in [2.45, 2.75) is 50.7 Å². The third kappa shape index (κ3) is 3.67. The van der Waals surface area contributed by atoms with Crippen molar-refractivity contribution in [2.24, 2.45) is 0 Å². The van der Waals surface area contributed by atoms with Crippen molar-refractivity contribution in [3.05, 3.63) is 35.4 Å². The van der Waals surface area contributed by atoms with Crippen LogP contribution in [0.3, 0.4) is 0 Å². The van der Waals surface area contributed by atoms with Gasteiger partial charge in [-0.3, -0.25) is 9.59 Å². The van der Waals surface area contributed by atoms with Crippen molar-refractivity contribution >= 4 is 24.2 Å². The van der Waals surface area contributed by atoms with Gasteiger partial charge in [0.25, 0.3) is 5.91 Å². The Labute approximate surface area is 155 Å². The lowest BCUT2D eigenvalue weighted by atomic mass is 10.1. The van der Waals surface area contributed by atoms with E-state index in [1.165, 1.54) is 0 Å². The van der Waals surface area contributed by atoms with Crippen LogP contribution in [-0.2, 0) is 11.3 Å². The number of fused-ring (bicyclic) bond motifs is 2. The predicted octanol–water partition coefficient (Wildman–Crippen LogP) is 2.20. The Balaban J connectivity index is 0.00000182. The molecule has 1 aromatic carbocycles. The molecule has 0 radical (unpaired) electrons. The Morgan fingerprint density at radius 2 is 1.88 bits per heavy atom. The maximum absolute atomic E-state index is 13.0. The van der Waals surface area contributed by atoms with E-state index in [0.29, 0.717) is 25.0 Å². The quantitative estimate of drug-likeness (QED) is 0.895. The van der Waals surface area contributed by atoms with Gasteiger partial charge < -0.3 is 15.1 Å². The van der Waals surface area contributed by atoms with Crippen LogP contribution >= 0.6 is 12.4 Å². The molecule has 3 fully saturated rings. The summed E-state index contributed by atoms with van der Waals surface area (Å²) in [5.74, 6) is 0.402. The fourth-order valence-electron chi connectivity index (χ4n) is 4.31. The van der Waals surface area contributed by atoms with E-state index in [1.807, 2.05) is 29.2 Å². The van der Waals surface area contributed by atoms with E-state index < -0.39 is 0 Å². The van der Waals surface area contributed by atoms with Gasteiger partial charge in [-0.1, -0.05) is 12.1 Å². The molecule has 6 heteroatoms. The average molecular weight is 364 g/mol. The van der Waals surface area contributed by atoms with Crippen LogP contribution in [0.1, 0.15) is 48.0 Å². The summed E-state index contributed by atoms with van der Waals surface area (Å²) in [4.78, 5) is 28.7. The van der Waals surface area contributed by atoms with E-state index in [4.69, 9.17) is 0 Å². The molecule has 3 aliphatic heterocycles. The molecule has 3 aliphatic rings. The lowest BCUT2D eigenvalue weighted by Crippen LogP contribution is -2.42. The van der Waals surface area contributed by atoms with Gasteiger partial charge in [0.15, 0.2) is 0 Å². The highest BCUT2D eigenvalue weighted by atomic mass is 35.5. The number of hydrogen-bond acceptors (Lipinski definition) is 3. The fraction of sp³-hybridized carbons (Fsp3) is 0.579. The van der Waals surface area contributed by atoms with Crippen molar-refractivity contribution in [1.82, 2.24) is 15.1 Å². The van der Waals surface area contributed by atoms with E-state index in [0.717, 1.165) is 56.4 Å². The number of benzene rings is 1. The molecular weight excluding hydrogens is 338 g/mol. The minimum atomic E-state index is 0. The zero-order valence-corrected chi connectivity index (χ0v) is 15.3. The molecule has 4 rings (SSSR count). The summed E-state index contributed by atoms with van der Waals surface area (Å²) >= 11 is 0. The normalized spacial score (nSPS) is 25.7. The SMILES string of the molecule is Cl.O=C1CCCN1Cc1ccc(C(=O)N2C3CCNCC2CC3)cc1. The molecule has 2 amide bonds. The van der Waals surface area contributed by atoms with Gasteiger partial charge >= 0.3 is 0 Å². The Morgan fingerprint density at radius 3 is 2.60 bits per heavy atom. The van der Waals surface area contributed by atoms with Gasteiger partial charge in [0, 0.05) is 43.7 Å². The Morgan fingerprint density at radius 1 is 1.12 bits per heavy atom. The second-order valence-electron chi connectivity index (χ2n) is 7.21. The summed E-state index contributed by atoms with van der Waals surface area (Å²) in [6.45, 7) is 3.43. The third-order valence-electron chi connectivity index (χ3n) is 5.63. The van der Waals surface area contributed by atoms with E-state index >= 15 is 0 Å². The van der Waals surface area contributed by atoms with Crippen LogP contribution in [0.4, 0.5) is 0 Å². The molecule has 0 aromatic heterocycles.